The maximum Gasteiger partial charge on any atom is 0.325 e. The molecule has 0 saturated carbocycles. The van der Waals surface area contributed by atoms with E-state index in [0.717, 1.165) is 43.4 Å². The maximum atomic E-state index is 11.9. The zero-order valence-electron chi connectivity index (χ0n) is 11.9. The molecule has 1 heterocycles. The van der Waals surface area contributed by atoms with E-state index in [0.29, 0.717) is 0 Å². The number of H-pyrrole nitrogens is 2. The molecule has 1 atom stereocenters. The van der Waals surface area contributed by atoms with Crippen LogP contribution in [0.15, 0.2) is 33.9 Å². The smallest absolute Gasteiger partial charge is 0.311 e. The molecule has 2 aromatic rings. The van der Waals surface area contributed by atoms with Crippen molar-refractivity contribution in [3.8, 4) is 0 Å². The molecule has 1 aromatic carbocycles. The van der Waals surface area contributed by atoms with Crippen LogP contribution in [0, 0.1) is 0 Å². The molecule has 0 fully saturated rings. The molecule has 4 nitrogen and oxygen atoms in total. The van der Waals surface area contributed by atoms with E-state index in [2.05, 4.69) is 34.2 Å². The van der Waals surface area contributed by atoms with Crippen LogP contribution in [0.1, 0.15) is 41.6 Å². The summed E-state index contributed by atoms with van der Waals surface area (Å²) in [6.07, 6.45) is 5.97. The highest BCUT2D eigenvalue weighted by Crippen LogP contribution is 2.45. The van der Waals surface area contributed by atoms with Gasteiger partial charge in [0.25, 0.3) is 5.56 Å². The third-order valence-electron chi connectivity index (χ3n) is 5.19. The number of aromatic nitrogens is 2. The van der Waals surface area contributed by atoms with E-state index in [1.165, 1.54) is 17.5 Å². The topological polar surface area (TPSA) is 65.7 Å². The van der Waals surface area contributed by atoms with E-state index in [-0.39, 0.29) is 16.7 Å². The maximum absolute atomic E-state index is 11.9. The molecule has 2 N–H and O–H groups in total. The third-order valence-corrected chi connectivity index (χ3v) is 5.19. The molecule has 4 heteroatoms. The average Bonchev–Trinajstić information content (AvgIpc) is 2.47. The van der Waals surface area contributed by atoms with E-state index < -0.39 is 0 Å². The predicted molar refractivity (Wildman–Crippen MR) is 80.8 cm³/mol. The van der Waals surface area contributed by atoms with Gasteiger partial charge in [0.15, 0.2) is 0 Å². The quantitative estimate of drug-likeness (QED) is 0.774. The summed E-state index contributed by atoms with van der Waals surface area (Å²) in [6, 6.07) is 8.64. The van der Waals surface area contributed by atoms with Gasteiger partial charge in [0.05, 0.1) is 0 Å². The fourth-order valence-electron chi connectivity index (χ4n) is 4.22. The second-order valence-corrected chi connectivity index (χ2v) is 6.33. The fourth-order valence-corrected chi connectivity index (χ4v) is 4.22. The molecule has 0 radical (unpaired) electrons. The Kier molecular flexibility index (Phi) is 2.67. The van der Waals surface area contributed by atoms with Crippen molar-refractivity contribution < 1.29 is 0 Å². The van der Waals surface area contributed by atoms with E-state index in [1.54, 1.807) is 0 Å². The van der Waals surface area contributed by atoms with Crippen LogP contribution in [0.4, 0.5) is 0 Å². The van der Waals surface area contributed by atoms with Gasteiger partial charge in [0.2, 0.25) is 0 Å². The van der Waals surface area contributed by atoms with Crippen molar-refractivity contribution in [1.29, 1.82) is 0 Å². The van der Waals surface area contributed by atoms with Gasteiger partial charge in [-0.3, -0.25) is 9.78 Å². The SMILES string of the molecule is O=c1[nH]c2c(c(=O)[nH]1)CCC1(CCCc3ccccc31)C2. The fraction of sp³-hybridized carbons (Fsp3) is 0.412. The standard InChI is InChI=1S/C17H18N2O2/c20-15-12-7-9-17(10-14(12)18-16(21)19-15)8-3-5-11-4-1-2-6-13(11)17/h1-2,4,6H,3,5,7-10H2,(H2,18,19,20,21). The molecule has 0 saturated heterocycles. The monoisotopic (exact) mass is 282 g/mol. The van der Waals surface area contributed by atoms with Gasteiger partial charge in [-0.05, 0) is 49.7 Å². The molecule has 108 valence electrons. The number of hydrogen-bond donors (Lipinski definition) is 2. The lowest BCUT2D eigenvalue weighted by atomic mass is 9.62. The number of benzene rings is 1. The lowest BCUT2D eigenvalue weighted by Crippen LogP contribution is -2.41. The Labute approximate surface area is 122 Å². The summed E-state index contributed by atoms with van der Waals surface area (Å²) >= 11 is 0. The molecule has 2 aliphatic carbocycles. The average molecular weight is 282 g/mol. The van der Waals surface area contributed by atoms with Crippen molar-refractivity contribution in [3.63, 3.8) is 0 Å². The lowest BCUT2D eigenvalue weighted by molar-refractivity contribution is 0.311. The molecule has 4 rings (SSSR count). The number of fused-ring (bicyclic) bond motifs is 3. The second kappa shape index (κ2) is 4.45. The van der Waals surface area contributed by atoms with Crippen LogP contribution in [0.3, 0.4) is 0 Å². The number of aryl methyl sites for hydroxylation is 1. The molecule has 0 aliphatic heterocycles. The molecular formula is C17H18N2O2. The van der Waals surface area contributed by atoms with Crippen molar-refractivity contribution in [2.24, 2.45) is 0 Å². The van der Waals surface area contributed by atoms with Gasteiger partial charge in [-0.1, -0.05) is 24.3 Å². The van der Waals surface area contributed by atoms with E-state index >= 15 is 0 Å². The summed E-state index contributed by atoms with van der Waals surface area (Å²) in [6.45, 7) is 0. The first-order valence-corrected chi connectivity index (χ1v) is 7.61. The molecule has 2 aliphatic rings. The Morgan fingerprint density at radius 2 is 1.86 bits per heavy atom. The van der Waals surface area contributed by atoms with E-state index in [4.69, 9.17) is 0 Å². The summed E-state index contributed by atoms with van der Waals surface area (Å²) in [5.41, 5.74) is 3.95. The van der Waals surface area contributed by atoms with Crippen molar-refractivity contribution in [2.45, 2.75) is 43.9 Å². The Bertz CT molecular complexity index is 818. The zero-order chi connectivity index (χ0) is 14.4. The van der Waals surface area contributed by atoms with Crippen LogP contribution in [0.25, 0.3) is 0 Å². The highest BCUT2D eigenvalue weighted by Gasteiger charge is 2.40. The van der Waals surface area contributed by atoms with Crippen LogP contribution < -0.4 is 11.2 Å². The highest BCUT2D eigenvalue weighted by atomic mass is 16.2. The predicted octanol–water partition coefficient (Wildman–Crippen LogP) is 1.83. The molecular weight excluding hydrogens is 264 g/mol. The first kappa shape index (κ1) is 12.6. The normalized spacial score (nSPS) is 23.6. The number of aromatic amines is 2. The Morgan fingerprint density at radius 3 is 2.76 bits per heavy atom. The van der Waals surface area contributed by atoms with Gasteiger partial charge in [-0.2, -0.15) is 0 Å². The summed E-state index contributed by atoms with van der Waals surface area (Å²) < 4.78 is 0. The molecule has 1 spiro atoms. The number of rotatable bonds is 0. The van der Waals surface area contributed by atoms with Crippen molar-refractivity contribution in [1.82, 2.24) is 9.97 Å². The van der Waals surface area contributed by atoms with Crippen LogP contribution in [0.2, 0.25) is 0 Å². The van der Waals surface area contributed by atoms with Crippen molar-refractivity contribution in [3.05, 3.63) is 67.5 Å². The van der Waals surface area contributed by atoms with Crippen molar-refractivity contribution in [2.75, 3.05) is 0 Å². The Hall–Kier alpha value is -2.10. The molecule has 0 amide bonds. The summed E-state index contributed by atoms with van der Waals surface area (Å²) in [4.78, 5) is 28.7. The minimum Gasteiger partial charge on any atom is -0.311 e. The Morgan fingerprint density at radius 1 is 1.00 bits per heavy atom. The van der Waals surface area contributed by atoms with Crippen LogP contribution in [0.5, 0.6) is 0 Å². The Balaban J connectivity index is 1.86. The minimum absolute atomic E-state index is 0.0958. The highest BCUT2D eigenvalue weighted by molar-refractivity contribution is 5.40. The number of hydrogen-bond acceptors (Lipinski definition) is 2. The molecule has 1 aromatic heterocycles. The second-order valence-electron chi connectivity index (χ2n) is 6.33. The largest absolute Gasteiger partial charge is 0.325 e. The van der Waals surface area contributed by atoms with E-state index in [9.17, 15) is 9.59 Å². The molecule has 0 bridgehead atoms. The van der Waals surface area contributed by atoms with Gasteiger partial charge < -0.3 is 4.98 Å². The molecule has 21 heavy (non-hydrogen) atoms. The van der Waals surface area contributed by atoms with Gasteiger partial charge >= 0.3 is 5.69 Å². The minimum atomic E-state index is -0.389. The number of nitrogens with one attached hydrogen (secondary N) is 2. The zero-order valence-corrected chi connectivity index (χ0v) is 11.9. The van der Waals surface area contributed by atoms with E-state index in [1.807, 2.05) is 0 Å². The van der Waals surface area contributed by atoms with Crippen LogP contribution in [-0.4, -0.2) is 9.97 Å². The molecule has 1 unspecified atom stereocenters. The van der Waals surface area contributed by atoms with Gasteiger partial charge in [0, 0.05) is 16.7 Å². The first-order chi connectivity index (χ1) is 10.2. The van der Waals surface area contributed by atoms with Crippen LogP contribution in [-0.2, 0) is 24.7 Å². The third kappa shape index (κ3) is 1.89. The first-order valence-electron chi connectivity index (χ1n) is 7.61. The van der Waals surface area contributed by atoms with Gasteiger partial charge in [-0.15, -0.1) is 0 Å². The van der Waals surface area contributed by atoms with Gasteiger partial charge in [0.1, 0.15) is 0 Å². The van der Waals surface area contributed by atoms with Gasteiger partial charge in [-0.25, -0.2) is 4.79 Å². The summed E-state index contributed by atoms with van der Waals surface area (Å²) in [5.74, 6) is 0. The lowest BCUT2D eigenvalue weighted by Gasteiger charge is -2.42. The summed E-state index contributed by atoms with van der Waals surface area (Å²) in [7, 11) is 0. The summed E-state index contributed by atoms with van der Waals surface area (Å²) in [5, 5.41) is 0. The van der Waals surface area contributed by atoms with Crippen LogP contribution >= 0.6 is 0 Å². The van der Waals surface area contributed by atoms with Crippen molar-refractivity contribution >= 4 is 0 Å².